The molecule has 9 heteroatoms. The fourth-order valence-electron chi connectivity index (χ4n) is 3.94. The van der Waals surface area contributed by atoms with Gasteiger partial charge in [0.2, 0.25) is 0 Å². The van der Waals surface area contributed by atoms with E-state index in [1.54, 1.807) is 19.3 Å². The quantitative estimate of drug-likeness (QED) is 0.665. The Balaban J connectivity index is 1.59. The molecule has 1 amide bonds. The van der Waals surface area contributed by atoms with Crippen molar-refractivity contribution in [1.82, 2.24) is 24.9 Å². The molecular weight excluding hydrogens is 402 g/mol. The highest BCUT2D eigenvalue weighted by molar-refractivity contribution is 7.12. The number of carbonyl (C=O) groups excluding carboxylic acids is 1. The van der Waals surface area contributed by atoms with Gasteiger partial charge in [-0.2, -0.15) is 10.2 Å². The van der Waals surface area contributed by atoms with Crippen molar-refractivity contribution in [3.63, 3.8) is 0 Å². The van der Waals surface area contributed by atoms with Crippen LogP contribution in [0.2, 0.25) is 0 Å². The maximum absolute atomic E-state index is 13.4. The van der Waals surface area contributed by atoms with E-state index >= 15 is 0 Å². The maximum atomic E-state index is 13.4. The minimum atomic E-state index is -1.02. The maximum Gasteiger partial charge on any atom is 0.257 e. The number of aliphatic hydroxyl groups is 1. The Hall–Kier alpha value is -2.52. The zero-order valence-electron chi connectivity index (χ0n) is 17.7. The lowest BCUT2D eigenvalue weighted by molar-refractivity contribution is 0.0473. The Bertz CT molecular complexity index is 1020. The number of amides is 1. The van der Waals surface area contributed by atoms with E-state index in [1.165, 1.54) is 16.1 Å². The van der Waals surface area contributed by atoms with Crippen LogP contribution in [0.3, 0.4) is 0 Å². The van der Waals surface area contributed by atoms with Gasteiger partial charge in [0.05, 0.1) is 23.9 Å². The summed E-state index contributed by atoms with van der Waals surface area (Å²) in [7, 11) is 0. The Labute approximate surface area is 179 Å². The number of thiophene rings is 1. The molecule has 1 fully saturated rings. The molecule has 3 aromatic rings. The minimum absolute atomic E-state index is 0.00447. The molecule has 3 unspecified atom stereocenters. The molecule has 8 nitrogen and oxygen atoms in total. The lowest BCUT2D eigenvalue weighted by Gasteiger charge is -2.37. The van der Waals surface area contributed by atoms with Crippen molar-refractivity contribution in [3.8, 4) is 5.00 Å². The summed E-state index contributed by atoms with van der Waals surface area (Å²) in [6.07, 6.45) is 5.49. The van der Waals surface area contributed by atoms with Crippen LogP contribution in [-0.4, -0.2) is 48.5 Å². The molecule has 1 N–H and O–H groups in total. The number of rotatable bonds is 5. The van der Waals surface area contributed by atoms with Crippen molar-refractivity contribution in [2.45, 2.75) is 64.5 Å². The summed E-state index contributed by atoms with van der Waals surface area (Å²) in [6, 6.07) is 1.94. The third-order valence-corrected chi connectivity index (χ3v) is 6.86. The van der Waals surface area contributed by atoms with Crippen LogP contribution in [0.1, 0.15) is 73.7 Å². The van der Waals surface area contributed by atoms with E-state index in [9.17, 15) is 9.90 Å². The first-order chi connectivity index (χ1) is 14.3. The number of likely N-dealkylation sites (tertiary alicyclic amines) is 1. The average Bonchev–Trinajstić information content (AvgIpc) is 3.47. The SMILES string of the molecule is CCC(C)(O)c1nc(C2CCC(C)N(C(=O)c3ccsc3-n3nccn3)C2)oc1C. The number of hydrogen-bond donors (Lipinski definition) is 1. The first-order valence-electron chi connectivity index (χ1n) is 10.3. The van der Waals surface area contributed by atoms with E-state index in [-0.39, 0.29) is 17.9 Å². The zero-order chi connectivity index (χ0) is 21.5. The molecule has 0 bridgehead atoms. The van der Waals surface area contributed by atoms with Crippen molar-refractivity contribution >= 4 is 17.2 Å². The van der Waals surface area contributed by atoms with Crippen molar-refractivity contribution in [2.24, 2.45) is 0 Å². The van der Waals surface area contributed by atoms with Gasteiger partial charge >= 0.3 is 0 Å². The normalized spacial score (nSPS) is 21.6. The standard InChI is InChI=1S/C21H27N5O3S/c1-5-21(4,28)17-14(3)29-18(24-17)15-7-6-13(2)25(12-15)19(27)16-8-11-30-20(16)26-22-9-10-23-26/h8-11,13,15,28H,5-7,12H2,1-4H3. The third-order valence-electron chi connectivity index (χ3n) is 5.98. The fourth-order valence-corrected chi connectivity index (χ4v) is 4.75. The molecule has 3 aromatic heterocycles. The van der Waals surface area contributed by atoms with Crippen molar-refractivity contribution in [2.75, 3.05) is 6.54 Å². The Morgan fingerprint density at radius 1 is 1.37 bits per heavy atom. The van der Waals surface area contributed by atoms with E-state index in [2.05, 4.69) is 22.1 Å². The van der Waals surface area contributed by atoms with Crippen LogP contribution in [0.25, 0.3) is 5.00 Å². The van der Waals surface area contributed by atoms with Crippen LogP contribution in [-0.2, 0) is 5.60 Å². The molecule has 4 heterocycles. The van der Waals surface area contributed by atoms with Crippen LogP contribution in [0.15, 0.2) is 28.3 Å². The smallest absolute Gasteiger partial charge is 0.257 e. The van der Waals surface area contributed by atoms with Gasteiger partial charge in [0.25, 0.3) is 5.91 Å². The molecule has 3 atom stereocenters. The molecule has 0 aromatic carbocycles. The number of hydrogen-bond acceptors (Lipinski definition) is 7. The summed E-state index contributed by atoms with van der Waals surface area (Å²) in [5.74, 6) is 1.19. The minimum Gasteiger partial charge on any atom is -0.445 e. The summed E-state index contributed by atoms with van der Waals surface area (Å²) in [4.78, 5) is 21.4. The van der Waals surface area contributed by atoms with Crippen molar-refractivity contribution in [1.29, 1.82) is 0 Å². The molecule has 0 radical (unpaired) electrons. The highest BCUT2D eigenvalue weighted by Crippen LogP contribution is 2.35. The van der Waals surface area contributed by atoms with Crippen LogP contribution in [0.4, 0.5) is 0 Å². The van der Waals surface area contributed by atoms with E-state index in [0.29, 0.717) is 40.9 Å². The average molecular weight is 430 g/mol. The summed E-state index contributed by atoms with van der Waals surface area (Å²) < 4.78 is 5.95. The molecule has 0 aliphatic carbocycles. The number of piperidine rings is 1. The number of aryl methyl sites for hydroxylation is 1. The van der Waals surface area contributed by atoms with Gasteiger partial charge in [-0.25, -0.2) is 4.98 Å². The number of carbonyl (C=O) groups is 1. The van der Waals surface area contributed by atoms with Crippen molar-refractivity contribution in [3.05, 3.63) is 46.7 Å². The molecule has 0 saturated carbocycles. The monoisotopic (exact) mass is 429 g/mol. The molecule has 1 aliphatic rings. The second-order valence-corrected chi connectivity index (χ2v) is 9.02. The molecule has 0 spiro atoms. The van der Waals surface area contributed by atoms with Crippen molar-refractivity contribution < 1.29 is 14.3 Å². The number of aromatic nitrogens is 4. The molecule has 1 saturated heterocycles. The highest BCUT2D eigenvalue weighted by Gasteiger charge is 2.36. The lowest BCUT2D eigenvalue weighted by atomic mass is 9.92. The lowest BCUT2D eigenvalue weighted by Crippen LogP contribution is -2.45. The second kappa shape index (κ2) is 7.96. The van der Waals surface area contributed by atoms with Gasteiger partial charge in [0.15, 0.2) is 10.9 Å². The number of oxazole rings is 1. The van der Waals surface area contributed by atoms with Gasteiger partial charge in [-0.15, -0.1) is 16.1 Å². The van der Waals surface area contributed by atoms with Gasteiger partial charge in [-0.05, 0) is 51.5 Å². The molecule has 4 rings (SSSR count). The predicted octanol–water partition coefficient (Wildman–Crippen LogP) is 3.65. The van der Waals surface area contributed by atoms with Crippen LogP contribution in [0, 0.1) is 6.92 Å². The van der Waals surface area contributed by atoms with E-state index in [0.717, 1.165) is 12.8 Å². The summed E-state index contributed by atoms with van der Waals surface area (Å²) in [6.45, 7) is 8.10. The topological polar surface area (TPSA) is 97.3 Å². The summed E-state index contributed by atoms with van der Waals surface area (Å²) in [5.41, 5.74) is 0.161. The van der Waals surface area contributed by atoms with Gasteiger partial charge in [0.1, 0.15) is 17.1 Å². The predicted molar refractivity (Wildman–Crippen MR) is 113 cm³/mol. The summed E-state index contributed by atoms with van der Waals surface area (Å²) in [5, 5.41) is 21.6. The first-order valence-corrected chi connectivity index (χ1v) is 11.1. The molecule has 30 heavy (non-hydrogen) atoms. The Morgan fingerprint density at radius 2 is 2.10 bits per heavy atom. The van der Waals surface area contributed by atoms with Gasteiger partial charge in [-0.3, -0.25) is 4.79 Å². The highest BCUT2D eigenvalue weighted by atomic mass is 32.1. The van der Waals surface area contributed by atoms with Crippen LogP contribution in [0.5, 0.6) is 0 Å². The van der Waals surface area contributed by atoms with Crippen LogP contribution < -0.4 is 0 Å². The Morgan fingerprint density at radius 3 is 2.80 bits per heavy atom. The zero-order valence-corrected chi connectivity index (χ0v) is 18.5. The van der Waals surface area contributed by atoms with Gasteiger partial charge in [-0.1, -0.05) is 6.92 Å². The second-order valence-electron chi connectivity index (χ2n) is 8.12. The molecular formula is C21H27N5O3S. The molecule has 160 valence electrons. The van der Waals surface area contributed by atoms with E-state index in [4.69, 9.17) is 4.42 Å². The largest absolute Gasteiger partial charge is 0.445 e. The van der Waals surface area contributed by atoms with E-state index in [1.807, 2.05) is 30.2 Å². The fraction of sp³-hybridized carbons (Fsp3) is 0.524. The van der Waals surface area contributed by atoms with Gasteiger partial charge in [0, 0.05) is 12.6 Å². The Kier molecular flexibility index (Phi) is 5.50. The first kappa shape index (κ1) is 20.7. The van der Waals surface area contributed by atoms with E-state index < -0.39 is 5.60 Å². The molecule has 1 aliphatic heterocycles. The third kappa shape index (κ3) is 3.67. The van der Waals surface area contributed by atoms with Crippen LogP contribution >= 0.6 is 11.3 Å². The van der Waals surface area contributed by atoms with Gasteiger partial charge < -0.3 is 14.4 Å². The number of nitrogens with zero attached hydrogens (tertiary/aromatic N) is 5. The summed E-state index contributed by atoms with van der Waals surface area (Å²) >= 11 is 1.44.